The van der Waals surface area contributed by atoms with Crippen LogP contribution < -0.4 is 4.72 Å². The topological polar surface area (TPSA) is 59.1 Å². The summed E-state index contributed by atoms with van der Waals surface area (Å²) < 4.78 is 39.4. The van der Waals surface area contributed by atoms with Crippen LogP contribution in [0.25, 0.3) is 0 Å². The summed E-state index contributed by atoms with van der Waals surface area (Å²) in [6.07, 6.45) is 2.76. The van der Waals surface area contributed by atoms with Crippen molar-refractivity contribution < 1.29 is 12.8 Å². The Labute approximate surface area is 111 Å². The first-order chi connectivity index (χ1) is 8.99. The molecule has 19 heavy (non-hydrogen) atoms. The number of aryl methyl sites for hydroxylation is 1. The number of pyridine rings is 1. The molecule has 100 valence electrons. The van der Waals surface area contributed by atoms with Crippen LogP contribution >= 0.6 is 0 Å². The van der Waals surface area contributed by atoms with Crippen molar-refractivity contribution in [3.05, 3.63) is 59.7 Å². The molecule has 0 radical (unpaired) electrons. The lowest BCUT2D eigenvalue weighted by Crippen LogP contribution is -2.23. The van der Waals surface area contributed by atoms with Gasteiger partial charge >= 0.3 is 0 Å². The molecule has 2 aromatic rings. The molecule has 4 nitrogen and oxygen atoms in total. The Morgan fingerprint density at radius 2 is 2.11 bits per heavy atom. The maximum atomic E-state index is 13.1. The van der Waals surface area contributed by atoms with Crippen molar-refractivity contribution in [3.63, 3.8) is 0 Å². The number of rotatable bonds is 4. The van der Waals surface area contributed by atoms with Gasteiger partial charge in [0.15, 0.2) is 0 Å². The maximum absolute atomic E-state index is 13.1. The molecule has 0 fully saturated rings. The average molecular weight is 280 g/mol. The van der Waals surface area contributed by atoms with Crippen LogP contribution in [-0.2, 0) is 16.6 Å². The number of aromatic nitrogens is 1. The number of sulfonamides is 1. The molecule has 0 amide bonds. The summed E-state index contributed by atoms with van der Waals surface area (Å²) in [5.74, 6) is -0.388. The highest BCUT2D eigenvalue weighted by molar-refractivity contribution is 7.89. The fourth-order valence-corrected chi connectivity index (χ4v) is 2.56. The SMILES string of the molecule is Cc1ccc(F)cc1CNS(=O)(=O)c1cccnc1. The van der Waals surface area contributed by atoms with Gasteiger partial charge in [0.2, 0.25) is 10.0 Å². The summed E-state index contributed by atoms with van der Waals surface area (Å²) >= 11 is 0. The van der Waals surface area contributed by atoms with E-state index >= 15 is 0 Å². The van der Waals surface area contributed by atoms with E-state index in [1.807, 2.05) is 0 Å². The Morgan fingerprint density at radius 3 is 2.79 bits per heavy atom. The Balaban J connectivity index is 2.17. The van der Waals surface area contributed by atoms with E-state index in [1.165, 1.54) is 30.6 Å². The number of benzene rings is 1. The fraction of sp³-hybridized carbons (Fsp3) is 0.154. The lowest BCUT2D eigenvalue weighted by molar-refractivity contribution is 0.579. The van der Waals surface area contributed by atoms with Crippen molar-refractivity contribution in [2.24, 2.45) is 0 Å². The second-order valence-electron chi connectivity index (χ2n) is 4.08. The van der Waals surface area contributed by atoms with Crippen LogP contribution in [0, 0.1) is 12.7 Å². The Hall–Kier alpha value is -1.79. The lowest BCUT2D eigenvalue weighted by atomic mass is 10.1. The summed E-state index contributed by atoms with van der Waals surface area (Å²) in [4.78, 5) is 3.85. The highest BCUT2D eigenvalue weighted by Gasteiger charge is 2.14. The Bertz CT molecular complexity index is 672. The minimum atomic E-state index is -3.62. The van der Waals surface area contributed by atoms with Crippen molar-refractivity contribution in [3.8, 4) is 0 Å². The number of hydrogen-bond donors (Lipinski definition) is 1. The molecule has 1 aromatic carbocycles. The molecule has 0 bridgehead atoms. The van der Waals surface area contributed by atoms with Gasteiger partial charge in [-0.15, -0.1) is 0 Å². The minimum Gasteiger partial charge on any atom is -0.263 e. The van der Waals surface area contributed by atoms with Gasteiger partial charge in [0.1, 0.15) is 10.7 Å². The maximum Gasteiger partial charge on any atom is 0.242 e. The van der Waals surface area contributed by atoms with Gasteiger partial charge in [-0.05, 0) is 42.3 Å². The van der Waals surface area contributed by atoms with Crippen molar-refractivity contribution in [1.82, 2.24) is 9.71 Å². The standard InChI is InChI=1S/C13H13FN2O2S/c1-10-4-5-12(14)7-11(10)8-16-19(17,18)13-3-2-6-15-9-13/h2-7,9,16H,8H2,1H3. The van der Waals surface area contributed by atoms with Gasteiger partial charge < -0.3 is 0 Å². The van der Waals surface area contributed by atoms with Gasteiger partial charge in [0, 0.05) is 18.9 Å². The van der Waals surface area contributed by atoms with Crippen LogP contribution in [0.2, 0.25) is 0 Å². The molecule has 0 aliphatic carbocycles. The van der Waals surface area contributed by atoms with E-state index in [1.54, 1.807) is 19.1 Å². The Morgan fingerprint density at radius 1 is 1.32 bits per heavy atom. The fourth-order valence-electron chi connectivity index (χ4n) is 1.59. The quantitative estimate of drug-likeness (QED) is 0.932. The van der Waals surface area contributed by atoms with E-state index in [0.717, 1.165) is 5.56 Å². The third-order valence-electron chi connectivity index (χ3n) is 2.71. The van der Waals surface area contributed by atoms with Crippen LogP contribution in [0.5, 0.6) is 0 Å². The van der Waals surface area contributed by atoms with Crippen molar-refractivity contribution in [2.45, 2.75) is 18.4 Å². The molecule has 0 saturated carbocycles. The summed E-state index contributed by atoms with van der Waals surface area (Å²) in [5, 5.41) is 0. The summed E-state index contributed by atoms with van der Waals surface area (Å²) in [6.45, 7) is 1.84. The highest BCUT2D eigenvalue weighted by atomic mass is 32.2. The van der Waals surface area contributed by atoms with E-state index < -0.39 is 10.0 Å². The van der Waals surface area contributed by atoms with Gasteiger partial charge in [-0.2, -0.15) is 0 Å². The first-order valence-electron chi connectivity index (χ1n) is 5.64. The number of nitrogens with zero attached hydrogens (tertiary/aromatic N) is 1. The van der Waals surface area contributed by atoms with Crippen molar-refractivity contribution in [1.29, 1.82) is 0 Å². The predicted molar refractivity (Wildman–Crippen MR) is 69.4 cm³/mol. The summed E-state index contributed by atoms with van der Waals surface area (Å²) in [6, 6.07) is 7.27. The zero-order valence-corrected chi connectivity index (χ0v) is 11.1. The molecule has 0 unspecified atom stereocenters. The van der Waals surface area contributed by atoms with Crippen molar-refractivity contribution >= 4 is 10.0 Å². The summed E-state index contributed by atoms with van der Waals surface area (Å²) in [7, 11) is -3.62. The number of nitrogens with one attached hydrogen (secondary N) is 1. The predicted octanol–water partition coefficient (Wildman–Crippen LogP) is 2.01. The zero-order valence-electron chi connectivity index (χ0n) is 10.3. The number of hydrogen-bond acceptors (Lipinski definition) is 3. The third kappa shape index (κ3) is 3.36. The molecular formula is C13H13FN2O2S. The van der Waals surface area contributed by atoms with Crippen molar-refractivity contribution in [2.75, 3.05) is 0 Å². The van der Waals surface area contributed by atoms with E-state index in [9.17, 15) is 12.8 Å². The van der Waals surface area contributed by atoms with Crippen LogP contribution in [0.4, 0.5) is 4.39 Å². The molecule has 1 heterocycles. The minimum absolute atomic E-state index is 0.0425. The average Bonchev–Trinajstić information content (AvgIpc) is 2.41. The highest BCUT2D eigenvalue weighted by Crippen LogP contribution is 2.12. The van der Waals surface area contributed by atoms with Crippen LogP contribution in [0.1, 0.15) is 11.1 Å². The second-order valence-corrected chi connectivity index (χ2v) is 5.85. The first kappa shape index (κ1) is 13.6. The van der Waals surface area contributed by atoms with Gasteiger partial charge in [-0.3, -0.25) is 4.98 Å². The Kier molecular flexibility index (Phi) is 3.92. The molecule has 0 spiro atoms. The molecule has 6 heteroatoms. The molecule has 1 aromatic heterocycles. The monoisotopic (exact) mass is 280 g/mol. The van der Waals surface area contributed by atoms with Gasteiger partial charge in [0.05, 0.1) is 0 Å². The van der Waals surface area contributed by atoms with E-state index in [4.69, 9.17) is 0 Å². The third-order valence-corrected chi connectivity index (χ3v) is 4.09. The number of halogens is 1. The molecule has 0 aliphatic heterocycles. The van der Waals surface area contributed by atoms with Gasteiger partial charge in [-0.25, -0.2) is 17.5 Å². The van der Waals surface area contributed by atoms with E-state index in [2.05, 4.69) is 9.71 Å². The van der Waals surface area contributed by atoms with Crippen LogP contribution in [0.3, 0.4) is 0 Å². The molecule has 1 N–H and O–H groups in total. The van der Waals surface area contributed by atoms with Gasteiger partial charge in [-0.1, -0.05) is 6.07 Å². The van der Waals surface area contributed by atoms with Crippen LogP contribution in [0.15, 0.2) is 47.6 Å². The molecule has 0 aliphatic rings. The normalized spacial score (nSPS) is 11.5. The van der Waals surface area contributed by atoms with Crippen LogP contribution in [-0.4, -0.2) is 13.4 Å². The molecule has 0 saturated heterocycles. The molecule has 2 rings (SSSR count). The molecular weight excluding hydrogens is 267 g/mol. The first-order valence-corrected chi connectivity index (χ1v) is 7.12. The largest absolute Gasteiger partial charge is 0.263 e. The van der Waals surface area contributed by atoms with Gasteiger partial charge in [0.25, 0.3) is 0 Å². The van der Waals surface area contributed by atoms with E-state index in [0.29, 0.717) is 5.56 Å². The second kappa shape index (κ2) is 5.46. The summed E-state index contributed by atoms with van der Waals surface area (Å²) in [5.41, 5.74) is 1.43. The zero-order chi connectivity index (χ0) is 13.9. The molecule has 0 atom stereocenters. The smallest absolute Gasteiger partial charge is 0.242 e. The van der Waals surface area contributed by atoms with E-state index in [-0.39, 0.29) is 17.3 Å². The lowest BCUT2D eigenvalue weighted by Gasteiger charge is -2.08.